The molecule has 6 heteroatoms. The zero-order chi connectivity index (χ0) is 23.0. The molecular formula is C27H29N3O3. The Morgan fingerprint density at radius 1 is 1.15 bits per heavy atom. The Morgan fingerprint density at radius 3 is 2.64 bits per heavy atom. The maximum absolute atomic E-state index is 13.4. The van der Waals surface area contributed by atoms with Gasteiger partial charge in [-0.2, -0.15) is 0 Å². The molecule has 1 amide bonds. The summed E-state index contributed by atoms with van der Waals surface area (Å²) in [7, 11) is 0. The third-order valence-corrected chi connectivity index (χ3v) is 6.84. The first-order valence-electron chi connectivity index (χ1n) is 11.7. The standard InChI is InChI=1S/C27H29N3O3/c1-3-33-21-11-8-20(9-12-21)24(31)16-27(14-15-27)26(32)29-22-13-10-19-6-4-5-7-23(19)30-18(2)17-28-25(22)30/h4-9,11-12,17,22H,3,10,13-16H2,1-2H3,(H,29,32). The van der Waals surface area contributed by atoms with Gasteiger partial charge in [-0.3, -0.25) is 14.2 Å². The lowest BCUT2D eigenvalue weighted by atomic mass is 9.94. The van der Waals surface area contributed by atoms with E-state index in [1.54, 1.807) is 12.1 Å². The van der Waals surface area contributed by atoms with Crippen molar-refractivity contribution in [2.75, 3.05) is 6.61 Å². The molecule has 0 radical (unpaired) electrons. The lowest BCUT2D eigenvalue weighted by Crippen LogP contribution is -2.37. The maximum Gasteiger partial charge on any atom is 0.227 e. The molecular weight excluding hydrogens is 414 g/mol. The number of rotatable bonds is 7. The molecule has 0 spiro atoms. The van der Waals surface area contributed by atoms with Crippen molar-refractivity contribution in [1.82, 2.24) is 14.9 Å². The van der Waals surface area contributed by atoms with Crippen LogP contribution < -0.4 is 10.1 Å². The second kappa shape index (κ2) is 8.50. The predicted molar refractivity (Wildman–Crippen MR) is 126 cm³/mol. The third-order valence-electron chi connectivity index (χ3n) is 6.84. The number of carbonyl (C=O) groups excluding carboxylic acids is 2. The first-order chi connectivity index (χ1) is 16.0. The molecule has 1 aliphatic heterocycles. The van der Waals surface area contributed by atoms with E-state index >= 15 is 0 Å². The van der Waals surface area contributed by atoms with Crippen molar-refractivity contribution in [2.45, 2.75) is 52.0 Å². The van der Waals surface area contributed by atoms with Crippen LogP contribution in [-0.4, -0.2) is 27.8 Å². The molecule has 2 aromatic carbocycles. The Balaban J connectivity index is 1.32. The summed E-state index contributed by atoms with van der Waals surface area (Å²) < 4.78 is 7.61. The minimum Gasteiger partial charge on any atom is -0.494 e. The molecule has 2 aliphatic rings. The molecule has 1 saturated carbocycles. The van der Waals surface area contributed by atoms with Gasteiger partial charge in [0.2, 0.25) is 5.91 Å². The number of hydrogen-bond acceptors (Lipinski definition) is 4. The lowest BCUT2D eigenvalue weighted by molar-refractivity contribution is -0.127. The second-order valence-electron chi connectivity index (χ2n) is 9.12. The highest BCUT2D eigenvalue weighted by molar-refractivity contribution is 6.00. The summed E-state index contributed by atoms with van der Waals surface area (Å²) in [6, 6.07) is 15.3. The number of aryl methyl sites for hydroxylation is 2. The Morgan fingerprint density at radius 2 is 1.91 bits per heavy atom. The van der Waals surface area contributed by atoms with E-state index in [9.17, 15) is 9.59 Å². The molecule has 1 aromatic heterocycles. The van der Waals surface area contributed by atoms with E-state index < -0.39 is 5.41 Å². The Hall–Kier alpha value is -3.41. The van der Waals surface area contributed by atoms with Crippen LogP contribution in [0, 0.1) is 12.3 Å². The fourth-order valence-electron chi connectivity index (χ4n) is 4.78. The third kappa shape index (κ3) is 4.06. The highest BCUT2D eigenvalue weighted by Gasteiger charge is 2.51. The number of hydrogen-bond donors (Lipinski definition) is 1. The van der Waals surface area contributed by atoms with Crippen LogP contribution in [0.15, 0.2) is 54.7 Å². The van der Waals surface area contributed by atoms with Crippen molar-refractivity contribution in [3.05, 3.63) is 77.4 Å². The molecule has 5 rings (SSSR count). The van der Waals surface area contributed by atoms with Crippen molar-refractivity contribution < 1.29 is 14.3 Å². The number of para-hydroxylation sites is 1. The maximum atomic E-state index is 13.4. The Bertz CT molecular complexity index is 1190. The molecule has 6 nitrogen and oxygen atoms in total. The van der Waals surface area contributed by atoms with Gasteiger partial charge >= 0.3 is 0 Å². The van der Waals surface area contributed by atoms with E-state index in [2.05, 4.69) is 33.1 Å². The first-order valence-corrected chi connectivity index (χ1v) is 11.7. The van der Waals surface area contributed by atoms with E-state index in [-0.39, 0.29) is 24.2 Å². The van der Waals surface area contributed by atoms with E-state index in [1.165, 1.54) is 5.56 Å². The molecule has 1 aliphatic carbocycles. The molecule has 1 N–H and O–H groups in total. The Labute approximate surface area is 194 Å². The van der Waals surface area contributed by atoms with Crippen LogP contribution >= 0.6 is 0 Å². The van der Waals surface area contributed by atoms with Gasteiger partial charge in [-0.1, -0.05) is 18.2 Å². The minimum absolute atomic E-state index is 0.00341. The number of Topliss-reactive ketones (excluding diaryl/α,β-unsaturated/α-hetero) is 1. The number of ketones is 1. The van der Waals surface area contributed by atoms with E-state index in [0.29, 0.717) is 12.2 Å². The normalized spacial score (nSPS) is 17.9. The summed E-state index contributed by atoms with van der Waals surface area (Å²) in [4.78, 5) is 31.0. The number of nitrogens with one attached hydrogen (secondary N) is 1. The van der Waals surface area contributed by atoms with Gasteiger partial charge in [0.15, 0.2) is 5.78 Å². The summed E-state index contributed by atoms with van der Waals surface area (Å²) in [5.74, 6) is 1.56. The zero-order valence-electron chi connectivity index (χ0n) is 19.1. The van der Waals surface area contributed by atoms with Crippen molar-refractivity contribution in [3.8, 4) is 11.4 Å². The number of ether oxygens (including phenoxy) is 1. The number of fused-ring (bicyclic) bond motifs is 3. The van der Waals surface area contributed by atoms with Gasteiger partial charge in [0.1, 0.15) is 11.6 Å². The van der Waals surface area contributed by atoms with Gasteiger partial charge in [-0.25, -0.2) is 4.98 Å². The molecule has 1 unspecified atom stereocenters. The number of imidazole rings is 1. The number of amides is 1. The predicted octanol–water partition coefficient (Wildman–Crippen LogP) is 4.74. The molecule has 0 saturated heterocycles. The second-order valence-corrected chi connectivity index (χ2v) is 9.12. The number of benzene rings is 2. The summed E-state index contributed by atoms with van der Waals surface area (Å²) in [5, 5.41) is 3.25. The highest BCUT2D eigenvalue weighted by Crippen LogP contribution is 2.50. The van der Waals surface area contributed by atoms with E-state index in [4.69, 9.17) is 4.74 Å². The van der Waals surface area contributed by atoms with Gasteiger partial charge in [0.05, 0.1) is 23.8 Å². The highest BCUT2D eigenvalue weighted by atomic mass is 16.5. The summed E-state index contributed by atoms with van der Waals surface area (Å²) >= 11 is 0. The molecule has 1 atom stereocenters. The summed E-state index contributed by atoms with van der Waals surface area (Å²) in [5.41, 5.74) is 3.44. The molecule has 170 valence electrons. The molecule has 0 bridgehead atoms. The summed E-state index contributed by atoms with van der Waals surface area (Å²) in [6.45, 7) is 4.55. The fourth-order valence-corrected chi connectivity index (χ4v) is 4.78. The minimum atomic E-state index is -0.610. The van der Waals surface area contributed by atoms with Crippen LogP contribution in [0.3, 0.4) is 0 Å². The van der Waals surface area contributed by atoms with Crippen molar-refractivity contribution in [1.29, 1.82) is 0 Å². The molecule has 33 heavy (non-hydrogen) atoms. The van der Waals surface area contributed by atoms with E-state index in [0.717, 1.165) is 48.6 Å². The van der Waals surface area contributed by atoms with Crippen LogP contribution in [-0.2, 0) is 11.2 Å². The topological polar surface area (TPSA) is 73.2 Å². The Kier molecular flexibility index (Phi) is 5.52. The van der Waals surface area contributed by atoms with Gasteiger partial charge in [-0.05, 0) is 75.4 Å². The monoisotopic (exact) mass is 443 g/mol. The van der Waals surface area contributed by atoms with Crippen LogP contribution in [0.4, 0.5) is 0 Å². The number of aromatic nitrogens is 2. The van der Waals surface area contributed by atoms with Crippen molar-refractivity contribution in [3.63, 3.8) is 0 Å². The number of nitrogens with zero attached hydrogens (tertiary/aromatic N) is 2. The van der Waals surface area contributed by atoms with Crippen LogP contribution in [0.25, 0.3) is 5.69 Å². The molecule has 1 fully saturated rings. The summed E-state index contributed by atoms with van der Waals surface area (Å²) in [6.07, 6.45) is 5.21. The molecule has 3 aromatic rings. The average Bonchev–Trinajstić information content (AvgIpc) is 3.54. The number of carbonyl (C=O) groups is 2. The van der Waals surface area contributed by atoms with Gasteiger partial charge < -0.3 is 10.1 Å². The van der Waals surface area contributed by atoms with Crippen molar-refractivity contribution >= 4 is 11.7 Å². The quantitative estimate of drug-likeness (QED) is 0.536. The smallest absolute Gasteiger partial charge is 0.227 e. The van der Waals surface area contributed by atoms with Gasteiger partial charge in [-0.15, -0.1) is 0 Å². The van der Waals surface area contributed by atoms with Crippen LogP contribution in [0.5, 0.6) is 5.75 Å². The first kappa shape index (κ1) is 21.4. The zero-order valence-corrected chi connectivity index (χ0v) is 19.1. The van der Waals surface area contributed by atoms with Crippen LogP contribution in [0.1, 0.15) is 66.1 Å². The average molecular weight is 444 g/mol. The van der Waals surface area contributed by atoms with Crippen molar-refractivity contribution in [2.24, 2.45) is 5.41 Å². The lowest BCUT2D eigenvalue weighted by Gasteiger charge is -2.21. The molecule has 2 heterocycles. The van der Waals surface area contributed by atoms with E-state index in [1.807, 2.05) is 38.2 Å². The SMILES string of the molecule is CCOc1ccc(C(=O)CC2(C(=O)NC3CCc4ccccc4-n4c(C)cnc43)CC2)cc1. The van der Waals surface area contributed by atoms with Crippen LogP contribution in [0.2, 0.25) is 0 Å². The van der Waals surface area contributed by atoms with Gasteiger partial charge in [0, 0.05) is 23.9 Å². The largest absolute Gasteiger partial charge is 0.494 e. The van der Waals surface area contributed by atoms with Gasteiger partial charge in [0.25, 0.3) is 0 Å². The fraction of sp³-hybridized carbons (Fsp3) is 0.370.